The second kappa shape index (κ2) is 7.39. The van der Waals surface area contributed by atoms with Crippen LogP contribution in [0.1, 0.15) is 28.9 Å². The molecule has 1 atom stereocenters. The number of hydrogen-bond donors (Lipinski definition) is 1. The van der Waals surface area contributed by atoms with E-state index in [-0.39, 0.29) is 5.56 Å². The van der Waals surface area contributed by atoms with Crippen LogP contribution in [0.3, 0.4) is 0 Å². The smallest absolute Gasteiger partial charge is 0.251 e. The molecular formula is C20H15F3N2O. The topological polar surface area (TPSA) is 42.0 Å². The van der Waals surface area contributed by atoms with E-state index in [2.05, 4.69) is 10.3 Å². The number of carbonyl (C=O) groups excluding carboxylic acids is 1. The molecule has 0 aliphatic heterocycles. The summed E-state index contributed by atoms with van der Waals surface area (Å²) >= 11 is 0. The summed E-state index contributed by atoms with van der Waals surface area (Å²) in [7, 11) is 0. The zero-order valence-electron chi connectivity index (χ0n) is 13.8. The molecule has 0 aliphatic carbocycles. The predicted molar refractivity (Wildman–Crippen MR) is 91.9 cm³/mol. The van der Waals surface area contributed by atoms with Crippen molar-refractivity contribution in [3.8, 4) is 11.1 Å². The lowest BCUT2D eigenvalue weighted by Crippen LogP contribution is -2.26. The molecule has 1 N–H and O–H groups in total. The minimum Gasteiger partial charge on any atom is -0.346 e. The molecule has 132 valence electrons. The van der Waals surface area contributed by atoms with Crippen molar-refractivity contribution in [1.82, 2.24) is 10.3 Å². The lowest BCUT2D eigenvalue weighted by molar-refractivity contribution is 0.0939. The van der Waals surface area contributed by atoms with Gasteiger partial charge in [-0.15, -0.1) is 0 Å². The molecule has 3 rings (SSSR count). The molecule has 0 radical (unpaired) electrons. The molecule has 0 aliphatic rings. The van der Waals surface area contributed by atoms with Crippen molar-refractivity contribution in [3.05, 3.63) is 89.5 Å². The Morgan fingerprint density at radius 1 is 0.923 bits per heavy atom. The van der Waals surface area contributed by atoms with Gasteiger partial charge in [-0.1, -0.05) is 12.1 Å². The van der Waals surface area contributed by atoms with Crippen LogP contribution in [-0.2, 0) is 0 Å². The van der Waals surface area contributed by atoms with Gasteiger partial charge in [-0.05, 0) is 54.4 Å². The Morgan fingerprint density at radius 2 is 1.65 bits per heavy atom. The number of amides is 1. The zero-order valence-corrected chi connectivity index (χ0v) is 13.8. The molecule has 1 aromatic heterocycles. The SMILES string of the molecule is CC(NC(=O)c1ccc(-c2ccncc2)c(F)c1)c1ccc(F)c(F)c1. The van der Waals surface area contributed by atoms with Crippen LogP contribution in [0.25, 0.3) is 11.1 Å². The fourth-order valence-electron chi connectivity index (χ4n) is 2.57. The quantitative estimate of drug-likeness (QED) is 0.739. The fourth-order valence-corrected chi connectivity index (χ4v) is 2.57. The monoisotopic (exact) mass is 356 g/mol. The summed E-state index contributed by atoms with van der Waals surface area (Å²) in [4.78, 5) is 16.2. The molecule has 1 unspecified atom stereocenters. The summed E-state index contributed by atoms with van der Waals surface area (Å²) in [5.74, 6) is -3.00. The van der Waals surface area contributed by atoms with Crippen LogP contribution in [0.5, 0.6) is 0 Å². The number of pyridine rings is 1. The molecule has 0 spiro atoms. The summed E-state index contributed by atoms with van der Waals surface area (Å²) in [5.41, 5.74) is 1.55. The van der Waals surface area contributed by atoms with Crippen LogP contribution in [0.4, 0.5) is 13.2 Å². The second-order valence-corrected chi connectivity index (χ2v) is 5.80. The van der Waals surface area contributed by atoms with E-state index in [1.807, 2.05) is 0 Å². The highest BCUT2D eigenvalue weighted by atomic mass is 19.2. The molecule has 0 fully saturated rings. The van der Waals surface area contributed by atoms with Gasteiger partial charge in [0.1, 0.15) is 5.82 Å². The molecule has 3 aromatic rings. The Bertz CT molecular complexity index is 945. The second-order valence-electron chi connectivity index (χ2n) is 5.80. The van der Waals surface area contributed by atoms with Crippen molar-refractivity contribution in [2.45, 2.75) is 13.0 Å². The van der Waals surface area contributed by atoms with Gasteiger partial charge in [0.05, 0.1) is 6.04 Å². The van der Waals surface area contributed by atoms with Gasteiger partial charge in [0.2, 0.25) is 0 Å². The highest BCUT2D eigenvalue weighted by Crippen LogP contribution is 2.23. The maximum Gasteiger partial charge on any atom is 0.251 e. The van der Waals surface area contributed by atoms with Gasteiger partial charge in [-0.2, -0.15) is 0 Å². The first-order valence-corrected chi connectivity index (χ1v) is 7.91. The Labute approximate surface area is 148 Å². The number of nitrogens with one attached hydrogen (secondary N) is 1. The van der Waals surface area contributed by atoms with Crippen LogP contribution < -0.4 is 5.32 Å². The van der Waals surface area contributed by atoms with Gasteiger partial charge in [0.15, 0.2) is 11.6 Å². The number of hydrogen-bond acceptors (Lipinski definition) is 2. The van der Waals surface area contributed by atoms with Gasteiger partial charge in [0.25, 0.3) is 5.91 Å². The molecule has 3 nitrogen and oxygen atoms in total. The summed E-state index contributed by atoms with van der Waals surface area (Å²) in [6.07, 6.45) is 3.11. The van der Waals surface area contributed by atoms with Crippen molar-refractivity contribution in [2.24, 2.45) is 0 Å². The molecular weight excluding hydrogens is 341 g/mol. The van der Waals surface area contributed by atoms with E-state index in [9.17, 15) is 18.0 Å². The van der Waals surface area contributed by atoms with E-state index >= 15 is 0 Å². The highest BCUT2D eigenvalue weighted by Gasteiger charge is 2.15. The minimum atomic E-state index is -0.989. The molecule has 2 aromatic carbocycles. The summed E-state index contributed by atoms with van der Waals surface area (Å²) < 4.78 is 40.7. The Kier molecular flexibility index (Phi) is 5.02. The van der Waals surface area contributed by atoms with E-state index < -0.39 is 29.4 Å². The average Bonchev–Trinajstić information content (AvgIpc) is 2.64. The maximum atomic E-state index is 14.4. The van der Waals surface area contributed by atoms with Crippen LogP contribution in [-0.4, -0.2) is 10.9 Å². The van der Waals surface area contributed by atoms with Crippen molar-refractivity contribution in [2.75, 3.05) is 0 Å². The number of rotatable bonds is 4. The summed E-state index contributed by atoms with van der Waals surface area (Å²) in [5, 5.41) is 2.64. The third-order valence-electron chi connectivity index (χ3n) is 4.01. The molecule has 26 heavy (non-hydrogen) atoms. The average molecular weight is 356 g/mol. The lowest BCUT2D eigenvalue weighted by atomic mass is 10.0. The minimum absolute atomic E-state index is 0.134. The van der Waals surface area contributed by atoms with Crippen LogP contribution >= 0.6 is 0 Å². The van der Waals surface area contributed by atoms with Gasteiger partial charge < -0.3 is 5.32 Å². The van der Waals surface area contributed by atoms with Gasteiger partial charge >= 0.3 is 0 Å². The van der Waals surface area contributed by atoms with Crippen molar-refractivity contribution in [3.63, 3.8) is 0 Å². The van der Waals surface area contributed by atoms with Gasteiger partial charge in [-0.25, -0.2) is 13.2 Å². The standard InChI is InChI=1S/C20H15F3N2O/c1-12(14-3-5-17(21)19(23)10-14)25-20(26)15-2-4-16(18(22)11-15)13-6-8-24-9-7-13/h2-12H,1H3,(H,25,26). The van der Waals surface area contributed by atoms with E-state index in [0.29, 0.717) is 16.7 Å². The van der Waals surface area contributed by atoms with Crippen molar-refractivity contribution >= 4 is 5.91 Å². The van der Waals surface area contributed by atoms with E-state index in [1.165, 1.54) is 18.2 Å². The van der Waals surface area contributed by atoms with Crippen LogP contribution in [0.2, 0.25) is 0 Å². The molecule has 1 heterocycles. The fraction of sp³-hybridized carbons (Fsp3) is 0.100. The Morgan fingerprint density at radius 3 is 2.31 bits per heavy atom. The first-order chi connectivity index (χ1) is 12.5. The third kappa shape index (κ3) is 3.74. The molecule has 0 saturated carbocycles. The van der Waals surface area contributed by atoms with Crippen molar-refractivity contribution < 1.29 is 18.0 Å². The molecule has 0 bridgehead atoms. The summed E-state index contributed by atoms with van der Waals surface area (Å²) in [6.45, 7) is 1.63. The zero-order chi connectivity index (χ0) is 18.7. The summed E-state index contributed by atoms with van der Waals surface area (Å²) in [6, 6.07) is 10.3. The maximum absolute atomic E-state index is 14.4. The van der Waals surface area contributed by atoms with E-state index in [0.717, 1.165) is 18.2 Å². The van der Waals surface area contributed by atoms with Crippen LogP contribution in [0.15, 0.2) is 60.9 Å². The predicted octanol–water partition coefficient (Wildman–Crippen LogP) is 4.66. The molecule has 0 saturated heterocycles. The third-order valence-corrected chi connectivity index (χ3v) is 4.01. The number of carbonyl (C=O) groups is 1. The normalized spacial score (nSPS) is 11.8. The number of nitrogens with zero attached hydrogens (tertiary/aromatic N) is 1. The Hall–Kier alpha value is -3.15. The molecule has 6 heteroatoms. The largest absolute Gasteiger partial charge is 0.346 e. The number of benzene rings is 2. The number of halogens is 3. The van der Waals surface area contributed by atoms with E-state index in [1.54, 1.807) is 31.5 Å². The first-order valence-electron chi connectivity index (χ1n) is 7.91. The van der Waals surface area contributed by atoms with Crippen LogP contribution in [0, 0.1) is 17.5 Å². The van der Waals surface area contributed by atoms with Gasteiger partial charge in [-0.3, -0.25) is 9.78 Å². The number of aromatic nitrogens is 1. The van der Waals surface area contributed by atoms with E-state index in [4.69, 9.17) is 0 Å². The Balaban J connectivity index is 1.77. The van der Waals surface area contributed by atoms with Crippen molar-refractivity contribution in [1.29, 1.82) is 0 Å². The highest BCUT2D eigenvalue weighted by molar-refractivity contribution is 5.95. The molecule has 1 amide bonds. The lowest BCUT2D eigenvalue weighted by Gasteiger charge is -2.15. The first kappa shape index (κ1) is 17.7. The van der Waals surface area contributed by atoms with Gasteiger partial charge in [0, 0.05) is 23.5 Å².